The lowest BCUT2D eigenvalue weighted by molar-refractivity contribution is 0.164. The molecule has 1 aliphatic heterocycles. The lowest BCUT2D eigenvalue weighted by Crippen LogP contribution is -2.42. The van der Waals surface area contributed by atoms with Gasteiger partial charge in [-0.15, -0.1) is 24.0 Å². The molecule has 0 bridgehead atoms. The highest BCUT2D eigenvalue weighted by molar-refractivity contribution is 14.0. The van der Waals surface area contributed by atoms with Crippen LogP contribution in [0.15, 0.2) is 27.6 Å². The summed E-state index contributed by atoms with van der Waals surface area (Å²) in [5.41, 5.74) is 3.34. The highest BCUT2D eigenvalue weighted by Gasteiger charge is 2.21. The van der Waals surface area contributed by atoms with Crippen molar-refractivity contribution in [1.29, 1.82) is 0 Å². The van der Waals surface area contributed by atoms with Crippen molar-refractivity contribution in [2.24, 2.45) is 10.9 Å². The number of likely N-dealkylation sites (tertiary alicyclic amines) is 1. The van der Waals surface area contributed by atoms with E-state index in [1.165, 1.54) is 5.56 Å². The van der Waals surface area contributed by atoms with Crippen LogP contribution in [0.5, 0.6) is 5.75 Å². The fraction of sp³-hybridized carbons (Fsp3) is 0.583. The molecule has 32 heavy (non-hydrogen) atoms. The smallest absolute Gasteiger partial charge is 0.208 e. The Morgan fingerprint density at radius 2 is 1.97 bits per heavy atom. The third kappa shape index (κ3) is 7.65. The predicted molar refractivity (Wildman–Crippen MR) is 140 cm³/mol. The largest absolute Gasteiger partial charge is 0.494 e. The molecule has 1 fully saturated rings. The van der Waals surface area contributed by atoms with Gasteiger partial charge in [0, 0.05) is 25.7 Å². The summed E-state index contributed by atoms with van der Waals surface area (Å²) in [7, 11) is 1.82. The summed E-state index contributed by atoms with van der Waals surface area (Å²) in [6.07, 6.45) is 2.32. The molecule has 1 aromatic heterocycles. The van der Waals surface area contributed by atoms with Crippen LogP contribution in [0.3, 0.4) is 0 Å². The molecule has 0 saturated carbocycles. The normalized spacial score (nSPS) is 15.3. The lowest BCUT2D eigenvalue weighted by atomic mass is 9.97. The van der Waals surface area contributed by atoms with E-state index in [2.05, 4.69) is 50.6 Å². The van der Waals surface area contributed by atoms with Crippen LogP contribution in [0, 0.1) is 26.7 Å². The molecule has 2 N–H and O–H groups in total. The summed E-state index contributed by atoms with van der Waals surface area (Å²) in [5.74, 6) is 4.16. The van der Waals surface area contributed by atoms with Crippen molar-refractivity contribution in [3.63, 3.8) is 0 Å². The number of hydrogen-bond donors (Lipinski definition) is 2. The number of piperidine rings is 1. The van der Waals surface area contributed by atoms with Crippen LogP contribution in [0.4, 0.5) is 0 Å². The minimum atomic E-state index is 0. The second kappa shape index (κ2) is 13.0. The van der Waals surface area contributed by atoms with E-state index < -0.39 is 0 Å². The molecular formula is C24H38IN5O2. The molecule has 0 aliphatic carbocycles. The summed E-state index contributed by atoms with van der Waals surface area (Å²) >= 11 is 0. The van der Waals surface area contributed by atoms with E-state index in [0.717, 1.165) is 73.6 Å². The van der Waals surface area contributed by atoms with Crippen molar-refractivity contribution in [3.05, 3.63) is 46.7 Å². The fourth-order valence-corrected chi connectivity index (χ4v) is 3.89. The molecule has 0 spiro atoms. The summed E-state index contributed by atoms with van der Waals surface area (Å²) in [6.45, 7) is 13.3. The number of aryl methyl sites for hydroxylation is 3. The van der Waals surface area contributed by atoms with Gasteiger partial charge in [-0.3, -0.25) is 9.89 Å². The number of halogens is 1. The zero-order chi connectivity index (χ0) is 22.2. The summed E-state index contributed by atoms with van der Waals surface area (Å²) in [4.78, 5) is 11.3. The van der Waals surface area contributed by atoms with Gasteiger partial charge in [-0.2, -0.15) is 0 Å². The van der Waals surface area contributed by atoms with Gasteiger partial charge < -0.3 is 19.8 Å². The molecule has 3 rings (SSSR count). The number of hydrogen-bond acceptors (Lipinski definition) is 5. The van der Waals surface area contributed by atoms with E-state index in [-0.39, 0.29) is 24.0 Å². The zero-order valence-electron chi connectivity index (χ0n) is 20.0. The molecule has 0 unspecified atom stereocenters. The molecule has 1 saturated heterocycles. The molecule has 1 aliphatic rings. The third-order valence-electron chi connectivity index (χ3n) is 5.89. The lowest BCUT2D eigenvalue weighted by Gasteiger charge is -2.31. The Balaban J connectivity index is 0.00000363. The second-order valence-electron chi connectivity index (χ2n) is 8.32. The van der Waals surface area contributed by atoms with Crippen LogP contribution in [-0.2, 0) is 13.1 Å². The predicted octanol–water partition coefficient (Wildman–Crippen LogP) is 4.19. The number of rotatable bonds is 8. The highest BCUT2D eigenvalue weighted by Crippen LogP contribution is 2.21. The Bertz CT molecular complexity index is 856. The summed E-state index contributed by atoms with van der Waals surface area (Å²) in [5, 5.41) is 6.92. The van der Waals surface area contributed by atoms with Gasteiger partial charge in [-0.25, -0.2) is 4.98 Å². The van der Waals surface area contributed by atoms with Crippen LogP contribution in [0.2, 0.25) is 0 Å². The zero-order valence-corrected chi connectivity index (χ0v) is 22.4. The molecule has 7 nitrogen and oxygen atoms in total. The maximum absolute atomic E-state index is 5.78. The quantitative estimate of drug-likeness (QED) is 0.289. The Morgan fingerprint density at radius 3 is 2.59 bits per heavy atom. The second-order valence-corrected chi connectivity index (χ2v) is 8.32. The van der Waals surface area contributed by atoms with Crippen molar-refractivity contribution in [2.75, 3.05) is 33.3 Å². The molecule has 178 valence electrons. The van der Waals surface area contributed by atoms with Crippen LogP contribution in [0.1, 0.15) is 48.2 Å². The van der Waals surface area contributed by atoms with Crippen molar-refractivity contribution in [1.82, 2.24) is 20.5 Å². The highest BCUT2D eigenvalue weighted by atomic mass is 127. The molecule has 1 aromatic carbocycles. The first-order valence-electron chi connectivity index (χ1n) is 11.3. The van der Waals surface area contributed by atoms with E-state index in [9.17, 15) is 0 Å². The number of nitrogens with zero attached hydrogens (tertiary/aromatic N) is 3. The van der Waals surface area contributed by atoms with Crippen molar-refractivity contribution < 1.29 is 9.15 Å². The first-order chi connectivity index (χ1) is 15.0. The van der Waals surface area contributed by atoms with E-state index in [1.54, 1.807) is 0 Å². The number of aliphatic imine (C=N–C) groups is 1. The van der Waals surface area contributed by atoms with Gasteiger partial charge in [0.25, 0.3) is 0 Å². The third-order valence-corrected chi connectivity index (χ3v) is 5.89. The number of oxazole rings is 1. The molecule has 8 heteroatoms. The number of aromatic nitrogens is 1. The number of guanidine groups is 1. The topological polar surface area (TPSA) is 74.9 Å². The van der Waals surface area contributed by atoms with Crippen LogP contribution in [0.25, 0.3) is 0 Å². The first kappa shape index (κ1) is 26.4. The maximum Gasteiger partial charge on any atom is 0.208 e. The number of nitrogens with one attached hydrogen (secondary N) is 2. The fourth-order valence-electron chi connectivity index (χ4n) is 3.89. The molecule has 0 radical (unpaired) electrons. The average molecular weight is 556 g/mol. The molecule has 2 heterocycles. The van der Waals surface area contributed by atoms with E-state index >= 15 is 0 Å². The van der Waals surface area contributed by atoms with E-state index in [1.807, 2.05) is 27.8 Å². The minimum absolute atomic E-state index is 0. The van der Waals surface area contributed by atoms with Gasteiger partial charge in [-0.1, -0.05) is 12.1 Å². The van der Waals surface area contributed by atoms with Crippen molar-refractivity contribution in [2.45, 2.75) is 53.6 Å². The number of ether oxygens (including phenoxy) is 1. The number of benzene rings is 1. The van der Waals surface area contributed by atoms with Gasteiger partial charge in [0.05, 0.1) is 18.8 Å². The van der Waals surface area contributed by atoms with E-state index in [4.69, 9.17) is 9.15 Å². The Morgan fingerprint density at radius 1 is 1.22 bits per heavy atom. The van der Waals surface area contributed by atoms with Gasteiger partial charge in [0.2, 0.25) is 5.89 Å². The van der Waals surface area contributed by atoms with Crippen LogP contribution >= 0.6 is 24.0 Å². The van der Waals surface area contributed by atoms with Crippen LogP contribution < -0.4 is 15.4 Å². The SMILES string of the molecule is CCOc1cc(C)ccc1CNC(=NC)NCC1CCN(Cc2nc(C)c(C)o2)CC1.I. The molecular weight excluding hydrogens is 517 g/mol. The van der Waals surface area contributed by atoms with Gasteiger partial charge in [-0.05, 0) is 71.2 Å². The summed E-state index contributed by atoms with van der Waals surface area (Å²) in [6, 6.07) is 6.32. The molecule has 0 atom stereocenters. The Hall–Kier alpha value is -1.81. The van der Waals surface area contributed by atoms with Crippen molar-refractivity contribution >= 4 is 29.9 Å². The summed E-state index contributed by atoms with van der Waals surface area (Å²) < 4.78 is 11.5. The minimum Gasteiger partial charge on any atom is -0.494 e. The average Bonchev–Trinajstić information content (AvgIpc) is 3.07. The monoisotopic (exact) mass is 555 g/mol. The Labute approximate surface area is 209 Å². The Kier molecular flexibility index (Phi) is 10.8. The van der Waals surface area contributed by atoms with Gasteiger partial charge in [0.15, 0.2) is 5.96 Å². The molecule has 2 aromatic rings. The first-order valence-corrected chi connectivity index (χ1v) is 11.3. The molecule has 0 amide bonds. The van der Waals surface area contributed by atoms with Gasteiger partial charge >= 0.3 is 0 Å². The maximum atomic E-state index is 5.78. The van der Waals surface area contributed by atoms with Gasteiger partial charge in [0.1, 0.15) is 11.5 Å². The van der Waals surface area contributed by atoms with E-state index in [0.29, 0.717) is 19.1 Å². The van der Waals surface area contributed by atoms with Crippen molar-refractivity contribution in [3.8, 4) is 5.75 Å². The standard InChI is InChI=1S/C24H37N5O2.HI/c1-6-30-22-13-17(2)7-8-21(22)15-27-24(25-5)26-14-20-9-11-29(12-10-20)16-23-28-18(3)19(4)31-23;/h7-8,13,20H,6,9-12,14-16H2,1-5H3,(H2,25,26,27);1H. The van der Waals surface area contributed by atoms with Crippen LogP contribution in [-0.4, -0.2) is 49.1 Å².